The highest BCUT2D eigenvalue weighted by Gasteiger charge is 2.22. The van der Waals surface area contributed by atoms with Crippen molar-refractivity contribution in [3.63, 3.8) is 0 Å². The van der Waals surface area contributed by atoms with Crippen molar-refractivity contribution in [3.8, 4) is 12.3 Å². The van der Waals surface area contributed by atoms with Gasteiger partial charge in [0.25, 0.3) is 0 Å². The normalized spacial score (nSPS) is 15.2. The van der Waals surface area contributed by atoms with Gasteiger partial charge in [-0.3, -0.25) is 4.79 Å². The van der Waals surface area contributed by atoms with E-state index in [-0.39, 0.29) is 0 Å². The number of ether oxygens (including phenoxy) is 1. The van der Waals surface area contributed by atoms with Crippen LogP contribution in [0.15, 0.2) is 29.2 Å². The van der Waals surface area contributed by atoms with Crippen LogP contribution in [0.1, 0.15) is 31.2 Å². The van der Waals surface area contributed by atoms with Gasteiger partial charge in [-0.1, -0.05) is 23.6 Å². The molecule has 0 atom stereocenters. The number of carbonyl (C=O) groups excluding carboxylic acids is 1. The number of thioether (sulfide) groups is 1. The highest BCUT2D eigenvalue weighted by Crippen LogP contribution is 2.21. The van der Waals surface area contributed by atoms with Gasteiger partial charge < -0.3 is 9.64 Å². The first-order valence-electron chi connectivity index (χ1n) is 8.67. The molecule has 0 aromatic heterocycles. The molecule has 1 amide bonds. The smallest absolute Gasteiger partial charge is 0.222 e. The number of nitrogens with zero attached hydrogens (tertiary/aromatic N) is 1. The van der Waals surface area contributed by atoms with E-state index in [0.29, 0.717) is 24.9 Å². The number of hydrogen-bond acceptors (Lipinski definition) is 3. The third-order valence-corrected chi connectivity index (χ3v) is 5.43. The van der Waals surface area contributed by atoms with Gasteiger partial charge in [0.1, 0.15) is 6.61 Å². The molecule has 4 heteroatoms. The van der Waals surface area contributed by atoms with Crippen LogP contribution in [0.4, 0.5) is 0 Å². The molecular formula is C20H27NO2S. The Morgan fingerprint density at radius 1 is 1.33 bits per heavy atom. The van der Waals surface area contributed by atoms with Crippen LogP contribution < -0.4 is 0 Å². The molecule has 1 saturated heterocycles. The van der Waals surface area contributed by atoms with E-state index in [2.05, 4.69) is 37.1 Å². The molecule has 0 N–H and O–H groups in total. The van der Waals surface area contributed by atoms with Crippen molar-refractivity contribution < 1.29 is 9.53 Å². The van der Waals surface area contributed by atoms with E-state index in [0.717, 1.165) is 44.7 Å². The number of rotatable bonds is 8. The zero-order valence-corrected chi connectivity index (χ0v) is 15.3. The minimum Gasteiger partial charge on any atom is -0.369 e. The third-order valence-electron chi connectivity index (χ3n) is 4.33. The summed E-state index contributed by atoms with van der Waals surface area (Å²) in [5.41, 5.74) is 1.28. The van der Waals surface area contributed by atoms with Gasteiger partial charge in [0.2, 0.25) is 5.91 Å². The lowest BCUT2D eigenvalue weighted by Crippen LogP contribution is -2.39. The largest absolute Gasteiger partial charge is 0.369 e. The number of hydrogen-bond donors (Lipinski definition) is 0. The minimum atomic E-state index is 0.294. The van der Waals surface area contributed by atoms with Gasteiger partial charge in [0.15, 0.2) is 0 Å². The molecule has 0 saturated carbocycles. The zero-order chi connectivity index (χ0) is 17.2. The fraction of sp³-hybridized carbons (Fsp3) is 0.550. The Morgan fingerprint density at radius 3 is 2.71 bits per heavy atom. The molecule has 0 radical (unpaired) electrons. The summed E-state index contributed by atoms with van der Waals surface area (Å²) in [7, 11) is 0. The molecule has 0 unspecified atom stereocenters. The van der Waals surface area contributed by atoms with Gasteiger partial charge in [-0.25, -0.2) is 0 Å². The molecule has 0 bridgehead atoms. The Kier molecular flexibility index (Phi) is 8.21. The number of likely N-dealkylation sites (tertiary alicyclic amines) is 1. The minimum absolute atomic E-state index is 0.294. The Bertz CT molecular complexity index is 542. The molecule has 2 rings (SSSR count). The summed E-state index contributed by atoms with van der Waals surface area (Å²) in [6.07, 6.45) is 8.81. The predicted octanol–water partition coefficient (Wildman–Crippen LogP) is 3.76. The molecule has 0 aliphatic carbocycles. The number of carbonyl (C=O) groups is 1. The van der Waals surface area contributed by atoms with Crippen molar-refractivity contribution in [2.24, 2.45) is 5.92 Å². The van der Waals surface area contributed by atoms with E-state index in [9.17, 15) is 4.79 Å². The molecule has 0 spiro atoms. The fourth-order valence-electron chi connectivity index (χ4n) is 2.84. The summed E-state index contributed by atoms with van der Waals surface area (Å²) in [6.45, 7) is 4.91. The lowest BCUT2D eigenvalue weighted by atomic mass is 9.97. The molecular weight excluding hydrogens is 318 g/mol. The molecule has 130 valence electrons. The molecule has 1 aromatic rings. The highest BCUT2D eigenvalue weighted by molar-refractivity contribution is 7.99. The molecule has 1 aliphatic heterocycles. The number of piperidine rings is 1. The molecule has 1 aliphatic rings. The lowest BCUT2D eigenvalue weighted by Gasteiger charge is -2.31. The van der Waals surface area contributed by atoms with Gasteiger partial charge in [-0.2, -0.15) is 0 Å². The van der Waals surface area contributed by atoms with E-state index in [1.165, 1.54) is 10.5 Å². The summed E-state index contributed by atoms with van der Waals surface area (Å²) in [6, 6.07) is 8.56. The maximum atomic E-state index is 12.3. The van der Waals surface area contributed by atoms with E-state index < -0.39 is 0 Å². The number of benzene rings is 1. The molecule has 3 nitrogen and oxygen atoms in total. The second-order valence-electron chi connectivity index (χ2n) is 6.31. The number of terminal acetylenes is 1. The van der Waals surface area contributed by atoms with Crippen molar-refractivity contribution in [1.29, 1.82) is 0 Å². The van der Waals surface area contributed by atoms with Crippen LogP contribution in [0.2, 0.25) is 0 Å². The summed E-state index contributed by atoms with van der Waals surface area (Å²) in [4.78, 5) is 15.6. The van der Waals surface area contributed by atoms with Crippen LogP contribution in [0, 0.1) is 25.2 Å². The summed E-state index contributed by atoms with van der Waals surface area (Å²) >= 11 is 1.83. The van der Waals surface area contributed by atoms with Crippen LogP contribution >= 0.6 is 11.8 Å². The number of aryl methyl sites for hydroxylation is 1. The molecule has 1 heterocycles. The summed E-state index contributed by atoms with van der Waals surface area (Å²) in [5, 5.41) is 0. The highest BCUT2D eigenvalue weighted by atomic mass is 32.2. The van der Waals surface area contributed by atoms with Crippen molar-refractivity contribution in [2.75, 3.05) is 32.1 Å². The van der Waals surface area contributed by atoms with E-state index >= 15 is 0 Å². The number of amides is 1. The average Bonchev–Trinajstić information content (AvgIpc) is 2.61. The Hall–Kier alpha value is -1.44. The van der Waals surface area contributed by atoms with Crippen LogP contribution in [0.25, 0.3) is 0 Å². The summed E-state index contributed by atoms with van der Waals surface area (Å²) in [5.74, 6) is 4.32. The maximum Gasteiger partial charge on any atom is 0.222 e. The van der Waals surface area contributed by atoms with Crippen molar-refractivity contribution in [3.05, 3.63) is 29.8 Å². The van der Waals surface area contributed by atoms with E-state index in [1.54, 1.807) is 0 Å². The second-order valence-corrected chi connectivity index (χ2v) is 7.48. The first kappa shape index (κ1) is 18.9. The Labute approximate surface area is 150 Å². The average molecular weight is 346 g/mol. The van der Waals surface area contributed by atoms with Crippen LogP contribution in [-0.4, -0.2) is 42.9 Å². The van der Waals surface area contributed by atoms with Gasteiger partial charge in [0.05, 0.1) is 6.61 Å². The monoisotopic (exact) mass is 345 g/mol. The van der Waals surface area contributed by atoms with E-state index in [1.807, 2.05) is 16.7 Å². The van der Waals surface area contributed by atoms with Crippen molar-refractivity contribution in [2.45, 2.75) is 37.5 Å². The molecule has 1 fully saturated rings. The lowest BCUT2D eigenvalue weighted by molar-refractivity contribution is -0.132. The van der Waals surface area contributed by atoms with Crippen molar-refractivity contribution in [1.82, 2.24) is 4.90 Å². The predicted molar refractivity (Wildman–Crippen MR) is 100 cm³/mol. The maximum absolute atomic E-state index is 12.3. The molecule has 1 aromatic carbocycles. The second kappa shape index (κ2) is 10.4. The van der Waals surface area contributed by atoms with Gasteiger partial charge in [-0.15, -0.1) is 18.2 Å². The molecule has 24 heavy (non-hydrogen) atoms. The van der Waals surface area contributed by atoms with E-state index in [4.69, 9.17) is 11.2 Å². The van der Waals surface area contributed by atoms with Gasteiger partial charge in [-0.05, 0) is 50.0 Å². The topological polar surface area (TPSA) is 29.5 Å². The van der Waals surface area contributed by atoms with Crippen LogP contribution in [0.3, 0.4) is 0 Å². The van der Waals surface area contributed by atoms with Gasteiger partial charge >= 0.3 is 0 Å². The Morgan fingerprint density at radius 2 is 2.04 bits per heavy atom. The van der Waals surface area contributed by atoms with Crippen molar-refractivity contribution >= 4 is 17.7 Å². The quantitative estimate of drug-likeness (QED) is 0.408. The Balaban J connectivity index is 1.58. The summed E-state index contributed by atoms with van der Waals surface area (Å²) < 4.78 is 5.40. The SMILES string of the molecule is C#CCOCC1CCN(C(=O)CCCSc2ccc(C)cc2)CC1. The van der Waals surface area contributed by atoms with Crippen LogP contribution in [-0.2, 0) is 9.53 Å². The third kappa shape index (κ3) is 6.59. The fourth-order valence-corrected chi connectivity index (χ4v) is 3.69. The first-order valence-corrected chi connectivity index (χ1v) is 9.66. The van der Waals surface area contributed by atoms with Crippen LogP contribution in [0.5, 0.6) is 0 Å². The first-order chi connectivity index (χ1) is 11.7. The zero-order valence-electron chi connectivity index (χ0n) is 14.5. The standard InChI is InChI=1S/C20H27NO2S/c1-3-14-23-16-18-10-12-21(13-11-18)20(22)5-4-15-24-19-8-6-17(2)7-9-19/h1,6-9,18H,4-5,10-16H2,2H3. The van der Waals surface area contributed by atoms with Gasteiger partial charge in [0, 0.05) is 24.4 Å².